The van der Waals surface area contributed by atoms with Gasteiger partial charge in [0.2, 0.25) is 11.6 Å². The fourth-order valence-corrected chi connectivity index (χ4v) is 5.46. The van der Waals surface area contributed by atoms with Crippen LogP contribution in [-0.4, -0.2) is 101 Å². The van der Waals surface area contributed by atoms with Crippen molar-refractivity contribution in [2.45, 2.75) is 57.8 Å². The molecule has 1 N–H and O–H groups in total. The van der Waals surface area contributed by atoms with Gasteiger partial charge in [0.25, 0.3) is 0 Å². The van der Waals surface area contributed by atoms with Gasteiger partial charge >= 0.3 is 18.0 Å². The number of hydrogen-bond donors (Lipinski definition) is 1. The summed E-state index contributed by atoms with van der Waals surface area (Å²) >= 11 is 0. The Balaban J connectivity index is 1.47. The predicted octanol–water partition coefficient (Wildman–Crippen LogP) is 3.46. The van der Waals surface area contributed by atoms with E-state index in [-0.39, 0.29) is 36.3 Å². The third kappa shape index (κ3) is 8.68. The van der Waals surface area contributed by atoms with Gasteiger partial charge in [0.05, 0.1) is 20.3 Å². The van der Waals surface area contributed by atoms with Crippen LogP contribution in [0.15, 0.2) is 60.7 Å². The van der Waals surface area contributed by atoms with Crippen LogP contribution in [0.4, 0.5) is 4.79 Å². The molecule has 0 saturated carbocycles. The third-order valence-corrected chi connectivity index (χ3v) is 7.57. The summed E-state index contributed by atoms with van der Waals surface area (Å²) in [6.45, 7) is 7.58. The van der Waals surface area contributed by atoms with E-state index >= 15 is 0 Å². The number of hydrogen-bond acceptors (Lipinski definition) is 10. The first-order valence-corrected chi connectivity index (χ1v) is 15.2. The molecule has 0 spiro atoms. The number of aryl methyl sites for hydroxylation is 1. The van der Waals surface area contributed by atoms with E-state index < -0.39 is 29.7 Å². The average molecular weight is 635 g/mol. The maximum Gasteiger partial charge on any atom is 0.408 e. The Kier molecular flexibility index (Phi) is 11.5. The number of carbonyl (C=O) groups is 4. The van der Waals surface area contributed by atoms with Crippen molar-refractivity contribution in [1.29, 1.82) is 0 Å². The Morgan fingerprint density at radius 3 is 1.93 bits per heavy atom. The van der Waals surface area contributed by atoms with Gasteiger partial charge in [0, 0.05) is 32.7 Å². The maximum atomic E-state index is 13.9. The average Bonchev–Trinajstić information content (AvgIpc) is 3.47. The van der Waals surface area contributed by atoms with Crippen LogP contribution in [0.3, 0.4) is 0 Å². The lowest BCUT2D eigenvalue weighted by atomic mass is 9.96. The Morgan fingerprint density at radius 1 is 0.848 bits per heavy atom. The van der Waals surface area contributed by atoms with Gasteiger partial charge in [-0.15, -0.1) is 5.10 Å². The summed E-state index contributed by atoms with van der Waals surface area (Å²) in [4.78, 5) is 55.3. The lowest BCUT2D eigenvalue weighted by Crippen LogP contribution is -2.55. The molecule has 1 aliphatic rings. The number of aromatic nitrogens is 3. The zero-order chi connectivity index (χ0) is 33.3. The first-order chi connectivity index (χ1) is 22.0. The number of amides is 2. The van der Waals surface area contributed by atoms with Crippen LogP contribution in [0, 0.1) is 0 Å². The summed E-state index contributed by atoms with van der Waals surface area (Å²) in [7, 11) is 2.35. The van der Waals surface area contributed by atoms with Gasteiger partial charge in [-0.1, -0.05) is 65.9 Å². The molecule has 46 heavy (non-hydrogen) atoms. The van der Waals surface area contributed by atoms with E-state index in [0.29, 0.717) is 32.6 Å². The van der Waals surface area contributed by atoms with Crippen molar-refractivity contribution >= 4 is 23.9 Å². The van der Waals surface area contributed by atoms with E-state index in [1.165, 1.54) is 30.0 Å². The second-order valence-corrected chi connectivity index (χ2v) is 11.9. The van der Waals surface area contributed by atoms with E-state index in [2.05, 4.69) is 44.8 Å². The Labute approximate surface area is 268 Å². The molecular weight excluding hydrogens is 592 g/mol. The molecule has 4 rings (SSSR count). The molecular formula is C33H42N6O7. The van der Waals surface area contributed by atoms with Crippen LogP contribution in [0.5, 0.6) is 0 Å². The molecule has 0 bridgehead atoms. The van der Waals surface area contributed by atoms with E-state index in [1.807, 2.05) is 36.4 Å². The predicted molar refractivity (Wildman–Crippen MR) is 168 cm³/mol. The van der Waals surface area contributed by atoms with Gasteiger partial charge in [-0.3, -0.25) is 9.69 Å². The van der Waals surface area contributed by atoms with Crippen LogP contribution < -0.4 is 5.32 Å². The van der Waals surface area contributed by atoms with E-state index in [9.17, 15) is 19.2 Å². The molecule has 1 saturated heterocycles. The van der Waals surface area contributed by atoms with Crippen LogP contribution in [0.2, 0.25) is 0 Å². The minimum absolute atomic E-state index is 0.0388. The van der Waals surface area contributed by atoms with Gasteiger partial charge in [-0.2, -0.15) is 0 Å². The Bertz CT molecular complexity index is 1440. The molecule has 1 aromatic heterocycles. The number of methoxy groups -OCH3 is 2. The molecule has 2 aromatic carbocycles. The highest BCUT2D eigenvalue weighted by molar-refractivity contribution is 6.00. The largest absolute Gasteiger partial charge is 0.464 e. The zero-order valence-corrected chi connectivity index (χ0v) is 27.0. The highest BCUT2D eigenvalue weighted by atomic mass is 16.6. The van der Waals surface area contributed by atoms with Gasteiger partial charge in [0.15, 0.2) is 5.69 Å². The second kappa shape index (κ2) is 15.5. The van der Waals surface area contributed by atoms with Crippen molar-refractivity contribution < 1.29 is 33.4 Å². The van der Waals surface area contributed by atoms with Crippen molar-refractivity contribution in [3.05, 3.63) is 83.2 Å². The van der Waals surface area contributed by atoms with Crippen molar-refractivity contribution in [2.24, 2.45) is 0 Å². The number of nitrogens with one attached hydrogen (secondary N) is 1. The summed E-state index contributed by atoms with van der Waals surface area (Å²) in [6.07, 6.45) is -0.186. The molecule has 1 fully saturated rings. The number of rotatable bonds is 11. The van der Waals surface area contributed by atoms with Crippen LogP contribution in [-0.2, 0) is 25.5 Å². The summed E-state index contributed by atoms with van der Waals surface area (Å²) < 4.78 is 16.2. The third-order valence-electron chi connectivity index (χ3n) is 7.57. The minimum Gasteiger partial charge on any atom is -0.464 e. The fraction of sp³-hybridized carbons (Fsp3) is 0.455. The van der Waals surface area contributed by atoms with Gasteiger partial charge < -0.3 is 24.4 Å². The molecule has 3 aromatic rings. The SMILES string of the molecule is COC(=O)c1nnn(CCCC(NC(=O)OC(C)(C)C)C(=O)N2CCN(C(c3ccccc3)c3ccccc3)CC2)c1C(=O)OC. The zero-order valence-electron chi connectivity index (χ0n) is 27.0. The van der Waals surface area contributed by atoms with Crippen LogP contribution >= 0.6 is 0 Å². The number of esters is 2. The molecule has 0 radical (unpaired) electrons. The monoisotopic (exact) mass is 634 g/mol. The van der Waals surface area contributed by atoms with Gasteiger partial charge in [-0.05, 0) is 44.7 Å². The van der Waals surface area contributed by atoms with E-state index in [4.69, 9.17) is 14.2 Å². The number of piperazine rings is 1. The van der Waals surface area contributed by atoms with E-state index in [0.717, 1.165) is 0 Å². The highest BCUT2D eigenvalue weighted by Crippen LogP contribution is 2.29. The molecule has 13 nitrogen and oxygen atoms in total. The molecule has 246 valence electrons. The topological polar surface area (TPSA) is 145 Å². The van der Waals surface area contributed by atoms with Crippen molar-refractivity contribution in [2.75, 3.05) is 40.4 Å². The second-order valence-electron chi connectivity index (χ2n) is 11.9. The molecule has 2 heterocycles. The summed E-state index contributed by atoms with van der Waals surface area (Å²) in [5, 5.41) is 10.5. The minimum atomic E-state index is -0.898. The van der Waals surface area contributed by atoms with Crippen LogP contribution in [0.1, 0.15) is 71.8 Å². The number of ether oxygens (including phenoxy) is 3. The maximum absolute atomic E-state index is 13.9. The number of alkyl carbamates (subject to hydrolysis) is 1. The molecule has 1 unspecified atom stereocenters. The normalized spacial score (nSPS) is 14.4. The quantitative estimate of drug-likeness (QED) is 0.246. The lowest BCUT2D eigenvalue weighted by molar-refractivity contribution is -0.135. The molecule has 13 heteroatoms. The van der Waals surface area contributed by atoms with Crippen molar-refractivity contribution in [1.82, 2.24) is 30.1 Å². The lowest BCUT2D eigenvalue weighted by Gasteiger charge is -2.40. The highest BCUT2D eigenvalue weighted by Gasteiger charge is 2.33. The van der Waals surface area contributed by atoms with Crippen molar-refractivity contribution in [3.63, 3.8) is 0 Å². The summed E-state index contributed by atoms with van der Waals surface area (Å²) in [5.74, 6) is -1.86. The molecule has 1 aliphatic heterocycles. The Hall–Kier alpha value is -4.78. The Morgan fingerprint density at radius 2 is 1.41 bits per heavy atom. The summed E-state index contributed by atoms with van der Waals surface area (Å²) in [6, 6.07) is 19.7. The molecule has 1 atom stereocenters. The first-order valence-electron chi connectivity index (χ1n) is 15.2. The number of nitrogens with zero attached hydrogens (tertiary/aromatic N) is 5. The first kappa shape index (κ1) is 34.1. The number of carbonyl (C=O) groups excluding carboxylic acids is 4. The molecule has 2 amide bonds. The number of benzene rings is 2. The molecule has 0 aliphatic carbocycles. The van der Waals surface area contributed by atoms with Gasteiger partial charge in [-0.25, -0.2) is 19.1 Å². The smallest absolute Gasteiger partial charge is 0.408 e. The standard InChI is InChI=1S/C33H42N6O7/c1-33(2,3)46-32(43)34-25(17-12-18-39-28(31(42)45-5)26(35-36-39)30(41)44-4)29(40)38-21-19-37(20-22-38)27(23-13-8-6-9-14-23)24-15-10-7-11-16-24/h6-11,13-16,25,27H,12,17-22H2,1-5H3,(H,34,43). The fourth-order valence-electron chi connectivity index (χ4n) is 5.46. The van der Waals surface area contributed by atoms with Gasteiger partial charge in [0.1, 0.15) is 11.6 Å². The van der Waals surface area contributed by atoms with Crippen LogP contribution in [0.25, 0.3) is 0 Å². The van der Waals surface area contributed by atoms with Crippen molar-refractivity contribution in [3.8, 4) is 0 Å². The summed E-state index contributed by atoms with van der Waals surface area (Å²) in [5.41, 5.74) is 1.17. The van der Waals surface area contributed by atoms with E-state index in [1.54, 1.807) is 25.7 Å².